The monoisotopic (exact) mass is 362 g/mol. The summed E-state index contributed by atoms with van der Waals surface area (Å²) in [5.41, 5.74) is 1.68. The molecule has 1 N–H and O–H groups in total. The van der Waals surface area contributed by atoms with E-state index in [-0.39, 0.29) is 5.97 Å². The molecule has 1 aromatic carbocycles. The van der Waals surface area contributed by atoms with Crippen molar-refractivity contribution in [2.24, 2.45) is 0 Å². The normalized spacial score (nSPS) is 10.9. The molecule has 0 aliphatic heterocycles. The van der Waals surface area contributed by atoms with E-state index in [1.807, 2.05) is 24.3 Å². The summed E-state index contributed by atoms with van der Waals surface area (Å²) in [6.45, 7) is 11.4. The van der Waals surface area contributed by atoms with Gasteiger partial charge in [-0.05, 0) is 63.0 Å². The standard InChI is InChI=1S/C22H38N2O2/c1-4-7-15-23-21-13-11-20(12-14-21)22(25)26-19-10-18-24(16-8-5-2)17-9-6-3/h11-14,23H,4-10,15-19H2,1-3H3. The molecule has 0 atom stereocenters. The van der Waals surface area contributed by atoms with Gasteiger partial charge in [0.05, 0.1) is 12.2 Å². The van der Waals surface area contributed by atoms with E-state index < -0.39 is 0 Å². The number of carbonyl (C=O) groups is 1. The lowest BCUT2D eigenvalue weighted by Crippen LogP contribution is -2.28. The summed E-state index contributed by atoms with van der Waals surface area (Å²) < 4.78 is 5.44. The SMILES string of the molecule is CCCCNc1ccc(C(=O)OCCCN(CCCC)CCCC)cc1. The summed E-state index contributed by atoms with van der Waals surface area (Å²) in [5, 5.41) is 3.35. The van der Waals surface area contributed by atoms with Crippen molar-refractivity contribution in [3.05, 3.63) is 29.8 Å². The number of nitrogens with one attached hydrogen (secondary N) is 1. The second-order valence-corrected chi connectivity index (χ2v) is 6.90. The second kappa shape index (κ2) is 14.6. The summed E-state index contributed by atoms with van der Waals surface area (Å²) in [5.74, 6) is -0.223. The van der Waals surface area contributed by atoms with E-state index in [1.165, 1.54) is 32.1 Å². The number of ether oxygens (including phenoxy) is 1. The molecule has 0 spiro atoms. The van der Waals surface area contributed by atoms with Gasteiger partial charge in [-0.1, -0.05) is 40.0 Å². The van der Waals surface area contributed by atoms with Gasteiger partial charge in [-0.25, -0.2) is 4.79 Å². The zero-order valence-electron chi connectivity index (χ0n) is 17.1. The maximum atomic E-state index is 12.1. The van der Waals surface area contributed by atoms with Gasteiger partial charge < -0.3 is 15.0 Å². The Morgan fingerprint density at radius 3 is 2.04 bits per heavy atom. The van der Waals surface area contributed by atoms with Crippen molar-refractivity contribution < 1.29 is 9.53 Å². The molecule has 0 fully saturated rings. The molecule has 0 aliphatic carbocycles. The van der Waals surface area contributed by atoms with E-state index in [9.17, 15) is 4.79 Å². The fourth-order valence-corrected chi connectivity index (χ4v) is 2.77. The third-order valence-corrected chi connectivity index (χ3v) is 4.49. The second-order valence-electron chi connectivity index (χ2n) is 6.90. The predicted octanol–water partition coefficient (Wildman–Crippen LogP) is 5.35. The van der Waals surface area contributed by atoms with Crippen molar-refractivity contribution in [3.63, 3.8) is 0 Å². The lowest BCUT2D eigenvalue weighted by molar-refractivity contribution is 0.0487. The minimum atomic E-state index is -0.223. The lowest BCUT2D eigenvalue weighted by atomic mass is 10.2. The third-order valence-electron chi connectivity index (χ3n) is 4.49. The van der Waals surface area contributed by atoms with Crippen LogP contribution in [0, 0.1) is 0 Å². The summed E-state index contributed by atoms with van der Waals surface area (Å²) in [6.07, 6.45) is 8.14. The van der Waals surface area contributed by atoms with Crippen LogP contribution in [0.5, 0.6) is 0 Å². The van der Waals surface area contributed by atoms with Crippen molar-refractivity contribution >= 4 is 11.7 Å². The fourth-order valence-electron chi connectivity index (χ4n) is 2.77. The zero-order chi connectivity index (χ0) is 19.0. The molecule has 0 amide bonds. The van der Waals surface area contributed by atoms with Gasteiger partial charge in [0.25, 0.3) is 0 Å². The average Bonchev–Trinajstić information content (AvgIpc) is 2.67. The number of unbranched alkanes of at least 4 members (excludes halogenated alkanes) is 3. The first-order valence-corrected chi connectivity index (χ1v) is 10.4. The summed E-state index contributed by atoms with van der Waals surface area (Å²) in [4.78, 5) is 14.6. The van der Waals surface area contributed by atoms with Crippen molar-refractivity contribution in [1.29, 1.82) is 0 Å². The van der Waals surface area contributed by atoms with Crippen LogP contribution in [0.15, 0.2) is 24.3 Å². The first-order valence-electron chi connectivity index (χ1n) is 10.4. The van der Waals surface area contributed by atoms with Gasteiger partial charge in [-0.2, -0.15) is 0 Å². The Morgan fingerprint density at radius 2 is 1.46 bits per heavy atom. The molecular formula is C22H38N2O2. The maximum absolute atomic E-state index is 12.1. The molecule has 0 radical (unpaired) electrons. The minimum absolute atomic E-state index is 0.223. The molecule has 26 heavy (non-hydrogen) atoms. The Bertz CT molecular complexity index is 466. The largest absolute Gasteiger partial charge is 0.462 e. The maximum Gasteiger partial charge on any atom is 0.338 e. The number of carbonyl (C=O) groups excluding carboxylic acids is 1. The van der Waals surface area contributed by atoms with Crippen LogP contribution >= 0.6 is 0 Å². The molecule has 0 unspecified atom stereocenters. The zero-order valence-corrected chi connectivity index (χ0v) is 17.1. The molecule has 0 aliphatic rings. The van der Waals surface area contributed by atoms with Crippen LogP contribution in [0.3, 0.4) is 0 Å². The van der Waals surface area contributed by atoms with Crippen molar-refractivity contribution in [1.82, 2.24) is 4.90 Å². The highest BCUT2D eigenvalue weighted by Gasteiger charge is 2.08. The summed E-state index contributed by atoms with van der Waals surface area (Å²) in [7, 11) is 0. The number of rotatable bonds is 15. The van der Waals surface area contributed by atoms with Gasteiger partial charge in [-0.15, -0.1) is 0 Å². The van der Waals surface area contributed by atoms with Crippen LogP contribution in [0.4, 0.5) is 5.69 Å². The third kappa shape index (κ3) is 9.81. The van der Waals surface area contributed by atoms with Crippen LogP contribution in [-0.4, -0.2) is 43.7 Å². The van der Waals surface area contributed by atoms with E-state index >= 15 is 0 Å². The molecule has 0 saturated heterocycles. The first-order chi connectivity index (χ1) is 12.7. The van der Waals surface area contributed by atoms with Crippen LogP contribution in [0.1, 0.15) is 76.1 Å². The summed E-state index contributed by atoms with van der Waals surface area (Å²) in [6, 6.07) is 7.57. The Morgan fingerprint density at radius 1 is 0.885 bits per heavy atom. The van der Waals surface area contributed by atoms with Crippen LogP contribution in [-0.2, 0) is 4.74 Å². The predicted molar refractivity (Wildman–Crippen MR) is 111 cm³/mol. The Balaban J connectivity index is 2.29. The van der Waals surface area contributed by atoms with Crippen molar-refractivity contribution in [2.75, 3.05) is 38.1 Å². The molecular weight excluding hydrogens is 324 g/mol. The molecule has 0 heterocycles. The van der Waals surface area contributed by atoms with Gasteiger partial charge in [-0.3, -0.25) is 0 Å². The Labute approximate surface area is 160 Å². The van der Waals surface area contributed by atoms with Crippen LogP contribution in [0.25, 0.3) is 0 Å². The van der Waals surface area contributed by atoms with Gasteiger partial charge in [0.2, 0.25) is 0 Å². The molecule has 1 rings (SSSR count). The highest BCUT2D eigenvalue weighted by molar-refractivity contribution is 5.89. The van der Waals surface area contributed by atoms with E-state index in [1.54, 1.807) is 0 Å². The van der Waals surface area contributed by atoms with Crippen LogP contribution in [0.2, 0.25) is 0 Å². The number of hydrogen-bond donors (Lipinski definition) is 1. The Kier molecular flexibility index (Phi) is 12.6. The molecule has 0 saturated carbocycles. The molecule has 4 heteroatoms. The smallest absolute Gasteiger partial charge is 0.338 e. The first kappa shape index (κ1) is 22.5. The fraction of sp³-hybridized carbons (Fsp3) is 0.682. The molecule has 0 aromatic heterocycles. The van der Waals surface area contributed by atoms with Gasteiger partial charge >= 0.3 is 5.97 Å². The van der Waals surface area contributed by atoms with E-state index in [2.05, 4.69) is 31.0 Å². The van der Waals surface area contributed by atoms with E-state index in [4.69, 9.17) is 4.74 Å². The van der Waals surface area contributed by atoms with Gasteiger partial charge in [0, 0.05) is 18.8 Å². The van der Waals surface area contributed by atoms with E-state index in [0.717, 1.165) is 44.7 Å². The molecule has 4 nitrogen and oxygen atoms in total. The lowest BCUT2D eigenvalue weighted by Gasteiger charge is -2.21. The average molecular weight is 363 g/mol. The number of anilines is 1. The molecule has 0 bridgehead atoms. The number of hydrogen-bond acceptors (Lipinski definition) is 4. The minimum Gasteiger partial charge on any atom is -0.462 e. The highest BCUT2D eigenvalue weighted by atomic mass is 16.5. The highest BCUT2D eigenvalue weighted by Crippen LogP contribution is 2.11. The van der Waals surface area contributed by atoms with Crippen molar-refractivity contribution in [3.8, 4) is 0 Å². The number of esters is 1. The molecule has 148 valence electrons. The quantitative estimate of drug-likeness (QED) is 0.337. The van der Waals surface area contributed by atoms with Crippen molar-refractivity contribution in [2.45, 2.75) is 65.7 Å². The number of nitrogens with zero attached hydrogens (tertiary/aromatic N) is 1. The van der Waals surface area contributed by atoms with Crippen LogP contribution < -0.4 is 5.32 Å². The van der Waals surface area contributed by atoms with Gasteiger partial charge in [0.15, 0.2) is 0 Å². The molecule has 1 aromatic rings. The number of benzene rings is 1. The van der Waals surface area contributed by atoms with E-state index in [0.29, 0.717) is 12.2 Å². The topological polar surface area (TPSA) is 41.6 Å². The summed E-state index contributed by atoms with van der Waals surface area (Å²) >= 11 is 0. The van der Waals surface area contributed by atoms with Gasteiger partial charge in [0.1, 0.15) is 0 Å². The Hall–Kier alpha value is -1.55.